The standard InChI is InChI=1S/C15H15N5O3S/c21-12(7-20-8-16-11-3-6-24-13(11)15(20)22)19-4-1-10(2-5-19)14-17-9-23-18-14/h3,6,8-10H,1-2,4-5,7H2. The summed E-state index contributed by atoms with van der Waals surface area (Å²) in [5.74, 6) is 0.853. The Hall–Kier alpha value is -2.55. The van der Waals surface area contributed by atoms with Crippen LogP contribution in [0.25, 0.3) is 10.2 Å². The summed E-state index contributed by atoms with van der Waals surface area (Å²) < 4.78 is 6.74. The normalized spacial score (nSPS) is 15.9. The van der Waals surface area contributed by atoms with Crippen molar-refractivity contribution in [3.8, 4) is 0 Å². The average molecular weight is 345 g/mol. The minimum atomic E-state index is -0.162. The number of nitrogens with zero attached hydrogens (tertiary/aromatic N) is 5. The van der Waals surface area contributed by atoms with Crippen LogP contribution >= 0.6 is 11.3 Å². The van der Waals surface area contributed by atoms with Gasteiger partial charge in [-0.25, -0.2) is 4.98 Å². The highest BCUT2D eigenvalue weighted by Gasteiger charge is 2.26. The van der Waals surface area contributed by atoms with Crippen LogP contribution in [0.3, 0.4) is 0 Å². The summed E-state index contributed by atoms with van der Waals surface area (Å²) >= 11 is 1.35. The summed E-state index contributed by atoms with van der Waals surface area (Å²) in [4.78, 5) is 34.9. The third kappa shape index (κ3) is 2.71. The van der Waals surface area contributed by atoms with E-state index in [0.29, 0.717) is 29.1 Å². The highest BCUT2D eigenvalue weighted by molar-refractivity contribution is 7.17. The zero-order valence-corrected chi connectivity index (χ0v) is 13.6. The van der Waals surface area contributed by atoms with Crippen LogP contribution < -0.4 is 5.56 Å². The number of thiophene rings is 1. The number of carbonyl (C=O) groups is 1. The van der Waals surface area contributed by atoms with Gasteiger partial charge < -0.3 is 9.42 Å². The van der Waals surface area contributed by atoms with Gasteiger partial charge in [0.1, 0.15) is 11.2 Å². The SMILES string of the molecule is O=C(Cn1cnc2ccsc2c1=O)N1CCC(c2ncon2)CC1. The first kappa shape index (κ1) is 15.0. The molecule has 1 saturated heterocycles. The molecule has 1 aliphatic rings. The van der Waals surface area contributed by atoms with Crippen LogP contribution in [0.4, 0.5) is 0 Å². The number of carbonyl (C=O) groups excluding carboxylic acids is 1. The lowest BCUT2D eigenvalue weighted by Gasteiger charge is -2.30. The van der Waals surface area contributed by atoms with Crippen molar-refractivity contribution in [2.75, 3.05) is 13.1 Å². The summed E-state index contributed by atoms with van der Waals surface area (Å²) in [7, 11) is 0. The minimum Gasteiger partial charge on any atom is -0.343 e. The molecule has 0 aliphatic carbocycles. The van der Waals surface area contributed by atoms with Crippen LogP contribution in [0.1, 0.15) is 24.6 Å². The van der Waals surface area contributed by atoms with E-state index in [0.717, 1.165) is 12.8 Å². The van der Waals surface area contributed by atoms with E-state index in [1.54, 1.807) is 11.0 Å². The van der Waals surface area contributed by atoms with Gasteiger partial charge in [-0.05, 0) is 24.3 Å². The molecule has 1 aliphatic heterocycles. The van der Waals surface area contributed by atoms with Crippen molar-refractivity contribution >= 4 is 27.5 Å². The predicted octanol–water partition coefficient (Wildman–Crippen LogP) is 1.25. The summed E-state index contributed by atoms with van der Waals surface area (Å²) in [5.41, 5.74) is 0.514. The van der Waals surface area contributed by atoms with E-state index in [2.05, 4.69) is 15.1 Å². The topological polar surface area (TPSA) is 94.1 Å². The van der Waals surface area contributed by atoms with E-state index in [1.807, 2.05) is 5.38 Å². The molecule has 0 N–H and O–H groups in total. The van der Waals surface area contributed by atoms with Crippen molar-refractivity contribution in [2.24, 2.45) is 0 Å². The van der Waals surface area contributed by atoms with Crippen LogP contribution in [0.5, 0.6) is 0 Å². The summed E-state index contributed by atoms with van der Waals surface area (Å²) in [5, 5.41) is 5.70. The van der Waals surface area contributed by atoms with Crippen LogP contribution in [0.15, 0.2) is 33.5 Å². The number of rotatable bonds is 3. The number of fused-ring (bicyclic) bond motifs is 1. The van der Waals surface area contributed by atoms with Crippen LogP contribution in [0, 0.1) is 0 Å². The highest BCUT2D eigenvalue weighted by atomic mass is 32.1. The van der Waals surface area contributed by atoms with Crippen molar-refractivity contribution in [1.29, 1.82) is 0 Å². The molecule has 0 aromatic carbocycles. The molecule has 0 radical (unpaired) electrons. The minimum absolute atomic E-state index is 0.0204. The molecule has 9 heteroatoms. The Morgan fingerprint density at radius 2 is 2.17 bits per heavy atom. The third-order valence-electron chi connectivity index (χ3n) is 4.33. The fourth-order valence-corrected chi connectivity index (χ4v) is 3.78. The van der Waals surface area contributed by atoms with Gasteiger partial charge in [-0.1, -0.05) is 5.16 Å². The molecule has 24 heavy (non-hydrogen) atoms. The zero-order chi connectivity index (χ0) is 16.5. The molecule has 4 rings (SSSR count). The van der Waals surface area contributed by atoms with Gasteiger partial charge in [-0.2, -0.15) is 4.98 Å². The summed E-state index contributed by atoms with van der Waals surface area (Å²) in [6.07, 6.45) is 4.36. The molecule has 1 fully saturated rings. The Labute approximate surface area is 140 Å². The molecule has 0 saturated carbocycles. The van der Waals surface area contributed by atoms with Gasteiger partial charge in [0.2, 0.25) is 12.3 Å². The molecular weight excluding hydrogens is 330 g/mol. The molecule has 0 spiro atoms. The number of amides is 1. The summed E-state index contributed by atoms with van der Waals surface area (Å²) in [6.45, 7) is 1.27. The van der Waals surface area contributed by atoms with Crippen molar-refractivity contribution in [3.63, 3.8) is 0 Å². The monoisotopic (exact) mass is 345 g/mol. The van der Waals surface area contributed by atoms with Gasteiger partial charge >= 0.3 is 0 Å². The zero-order valence-electron chi connectivity index (χ0n) is 12.8. The molecule has 8 nitrogen and oxygen atoms in total. The second kappa shape index (κ2) is 6.16. The molecule has 124 valence electrons. The maximum Gasteiger partial charge on any atom is 0.271 e. The molecule has 3 aromatic heterocycles. The summed E-state index contributed by atoms with van der Waals surface area (Å²) in [6, 6.07) is 1.80. The fourth-order valence-electron chi connectivity index (χ4n) is 2.98. The smallest absolute Gasteiger partial charge is 0.271 e. The van der Waals surface area contributed by atoms with Gasteiger partial charge in [0.15, 0.2) is 5.82 Å². The molecule has 1 amide bonds. The number of hydrogen-bond donors (Lipinski definition) is 0. The molecular formula is C15H15N5O3S. The van der Waals surface area contributed by atoms with Gasteiger partial charge in [-0.3, -0.25) is 14.2 Å². The van der Waals surface area contributed by atoms with E-state index in [-0.39, 0.29) is 23.9 Å². The van der Waals surface area contributed by atoms with Gasteiger partial charge in [0, 0.05) is 19.0 Å². The third-order valence-corrected chi connectivity index (χ3v) is 5.22. The maximum absolute atomic E-state index is 12.5. The Balaban J connectivity index is 1.43. The second-order valence-electron chi connectivity index (χ2n) is 5.76. The van der Waals surface area contributed by atoms with E-state index < -0.39 is 0 Å². The fraction of sp³-hybridized carbons (Fsp3) is 0.400. The van der Waals surface area contributed by atoms with Crippen LogP contribution in [-0.2, 0) is 11.3 Å². The highest BCUT2D eigenvalue weighted by Crippen LogP contribution is 2.25. The quantitative estimate of drug-likeness (QED) is 0.709. The van der Waals surface area contributed by atoms with Crippen LogP contribution in [0.2, 0.25) is 0 Å². The first-order valence-corrected chi connectivity index (χ1v) is 8.57. The van der Waals surface area contributed by atoms with Gasteiger partial charge in [0.25, 0.3) is 5.56 Å². The van der Waals surface area contributed by atoms with E-state index in [1.165, 1.54) is 28.6 Å². The lowest BCUT2D eigenvalue weighted by atomic mass is 9.96. The maximum atomic E-state index is 12.5. The van der Waals surface area contributed by atoms with Crippen molar-refractivity contribution in [1.82, 2.24) is 24.6 Å². The lowest BCUT2D eigenvalue weighted by molar-refractivity contribution is -0.133. The largest absolute Gasteiger partial charge is 0.343 e. The lowest BCUT2D eigenvalue weighted by Crippen LogP contribution is -2.41. The van der Waals surface area contributed by atoms with E-state index >= 15 is 0 Å². The Morgan fingerprint density at radius 1 is 1.33 bits per heavy atom. The van der Waals surface area contributed by atoms with Gasteiger partial charge in [-0.15, -0.1) is 11.3 Å². The molecule has 0 bridgehead atoms. The first-order valence-electron chi connectivity index (χ1n) is 7.69. The van der Waals surface area contributed by atoms with Gasteiger partial charge in [0.05, 0.1) is 11.8 Å². The Bertz CT molecular complexity index is 909. The van der Waals surface area contributed by atoms with Crippen molar-refractivity contribution < 1.29 is 9.32 Å². The Kier molecular flexibility index (Phi) is 3.85. The number of aromatic nitrogens is 4. The first-order chi connectivity index (χ1) is 11.7. The second-order valence-corrected chi connectivity index (χ2v) is 6.67. The molecule has 0 unspecified atom stereocenters. The average Bonchev–Trinajstić information content (AvgIpc) is 3.29. The van der Waals surface area contributed by atoms with Crippen LogP contribution in [-0.4, -0.2) is 43.6 Å². The Morgan fingerprint density at radius 3 is 2.92 bits per heavy atom. The van der Waals surface area contributed by atoms with Crippen molar-refractivity contribution in [3.05, 3.63) is 40.3 Å². The number of hydrogen-bond acceptors (Lipinski definition) is 7. The predicted molar refractivity (Wildman–Crippen MR) is 86.7 cm³/mol. The molecule has 3 aromatic rings. The van der Waals surface area contributed by atoms with Crippen molar-refractivity contribution in [2.45, 2.75) is 25.3 Å². The number of likely N-dealkylation sites (tertiary alicyclic amines) is 1. The molecule has 0 atom stereocenters. The molecule has 4 heterocycles. The number of piperidine rings is 1. The van der Waals surface area contributed by atoms with E-state index in [9.17, 15) is 9.59 Å². The van der Waals surface area contributed by atoms with E-state index in [4.69, 9.17) is 4.52 Å².